The Hall–Kier alpha value is -2.49. The van der Waals surface area contributed by atoms with Crippen molar-refractivity contribution in [3.05, 3.63) is 40.6 Å². The number of ether oxygens (including phenoxy) is 3. The highest BCUT2D eigenvalue weighted by Crippen LogP contribution is 2.48. The fraction of sp³-hybridized carbons (Fsp3) is 0.538. The van der Waals surface area contributed by atoms with Crippen molar-refractivity contribution in [3.63, 3.8) is 0 Å². The molecule has 0 spiro atoms. The second-order valence-corrected chi connectivity index (χ2v) is 12.0. The summed E-state index contributed by atoms with van der Waals surface area (Å²) in [5, 5.41) is 0. The second-order valence-electron chi connectivity index (χ2n) is 9.63. The van der Waals surface area contributed by atoms with E-state index in [1.54, 1.807) is 0 Å². The van der Waals surface area contributed by atoms with Gasteiger partial charge >= 0.3 is 0 Å². The molecule has 0 amide bonds. The number of allylic oxidation sites excluding steroid dienone is 1. The Morgan fingerprint density at radius 3 is 2.57 bits per heavy atom. The zero-order chi connectivity index (χ0) is 24.8. The molecule has 1 unspecified atom stereocenters. The van der Waals surface area contributed by atoms with E-state index in [0.29, 0.717) is 75.5 Å². The lowest BCUT2D eigenvalue weighted by atomic mass is 9.92. The summed E-state index contributed by atoms with van der Waals surface area (Å²) in [4.78, 5) is 12.2. The molecule has 3 aliphatic heterocycles. The smallest absolute Gasteiger partial charge is 0.185 e. The summed E-state index contributed by atoms with van der Waals surface area (Å²) in [6, 6.07) is 4.13. The molecule has 2 fully saturated rings. The number of aryl methyl sites for hydroxylation is 1. The minimum Gasteiger partial charge on any atom is -0.486 e. The molecule has 5 rings (SSSR count). The Balaban J connectivity index is 1.81. The number of rotatable bonds is 4. The van der Waals surface area contributed by atoms with Gasteiger partial charge in [-0.25, -0.2) is 18.4 Å². The van der Waals surface area contributed by atoms with E-state index in [4.69, 9.17) is 24.2 Å². The molecule has 35 heavy (non-hydrogen) atoms. The lowest BCUT2D eigenvalue weighted by Gasteiger charge is -2.43. The number of aromatic nitrogens is 2. The molecule has 2 aromatic rings. The van der Waals surface area contributed by atoms with E-state index in [1.807, 2.05) is 19.1 Å². The molecule has 188 valence electrons. The monoisotopic (exact) mass is 499 g/mol. The van der Waals surface area contributed by atoms with Gasteiger partial charge in [0, 0.05) is 31.6 Å². The van der Waals surface area contributed by atoms with Gasteiger partial charge < -0.3 is 19.1 Å². The van der Waals surface area contributed by atoms with Crippen molar-refractivity contribution in [2.45, 2.75) is 44.4 Å². The van der Waals surface area contributed by atoms with E-state index in [-0.39, 0.29) is 6.04 Å². The molecule has 8 nitrogen and oxygen atoms in total. The van der Waals surface area contributed by atoms with Crippen LogP contribution in [0.4, 0.5) is 5.82 Å². The zero-order valence-corrected chi connectivity index (χ0v) is 21.7. The van der Waals surface area contributed by atoms with Crippen LogP contribution in [0.25, 0.3) is 17.5 Å². The molecule has 0 saturated carbocycles. The molecule has 9 heteroatoms. The summed E-state index contributed by atoms with van der Waals surface area (Å²) >= 11 is 0. The van der Waals surface area contributed by atoms with Gasteiger partial charge in [-0.1, -0.05) is 24.3 Å². The number of nitrogens with zero attached hydrogens (tertiary/aromatic N) is 3. The summed E-state index contributed by atoms with van der Waals surface area (Å²) in [5.41, 5.74) is 4.69. The van der Waals surface area contributed by atoms with Crippen molar-refractivity contribution in [2.75, 3.05) is 50.7 Å². The standard InChI is InChI=1S/C26H33N3O5S/c1-5-6-20-18(3)17(2)7-8-21(20)24-27-23(26(35(4,30)31)9-12-32-13-10-26)22-25(28-24)29-11-14-33-15-19(29)16-34-22/h5-8,19H,9-16H2,1-4H3/b6-5-. The van der Waals surface area contributed by atoms with Crippen molar-refractivity contribution in [3.8, 4) is 17.1 Å². The predicted molar refractivity (Wildman–Crippen MR) is 136 cm³/mol. The van der Waals surface area contributed by atoms with Crippen LogP contribution < -0.4 is 9.64 Å². The fourth-order valence-electron chi connectivity index (χ4n) is 5.35. The molecule has 0 bridgehead atoms. The van der Waals surface area contributed by atoms with Crippen LogP contribution in [0.3, 0.4) is 0 Å². The van der Waals surface area contributed by atoms with Crippen molar-refractivity contribution in [1.82, 2.24) is 9.97 Å². The van der Waals surface area contributed by atoms with Gasteiger partial charge in [-0.2, -0.15) is 0 Å². The number of hydrogen-bond donors (Lipinski definition) is 0. The van der Waals surface area contributed by atoms with Gasteiger partial charge in [-0.15, -0.1) is 0 Å². The first kappa shape index (κ1) is 24.2. The Kier molecular flexibility index (Phi) is 6.35. The van der Waals surface area contributed by atoms with Gasteiger partial charge in [0.25, 0.3) is 0 Å². The molecule has 0 aliphatic carbocycles. The number of sulfone groups is 1. The van der Waals surface area contributed by atoms with Crippen LogP contribution in [0.1, 0.15) is 42.1 Å². The number of anilines is 1. The molecular weight excluding hydrogens is 466 g/mol. The summed E-state index contributed by atoms with van der Waals surface area (Å²) in [6.07, 6.45) is 6.03. The topological polar surface area (TPSA) is 90.9 Å². The second kappa shape index (κ2) is 9.19. The Morgan fingerprint density at radius 2 is 1.86 bits per heavy atom. The maximum Gasteiger partial charge on any atom is 0.185 e. The molecule has 1 aromatic carbocycles. The minimum absolute atomic E-state index is 0.0329. The van der Waals surface area contributed by atoms with E-state index < -0.39 is 14.6 Å². The number of hydrogen-bond acceptors (Lipinski definition) is 8. The van der Waals surface area contributed by atoms with Gasteiger partial charge in [-0.05, 0) is 50.3 Å². The first-order chi connectivity index (χ1) is 16.8. The molecule has 2 saturated heterocycles. The van der Waals surface area contributed by atoms with E-state index >= 15 is 0 Å². The Labute approximate surface area is 207 Å². The maximum absolute atomic E-state index is 13.4. The van der Waals surface area contributed by atoms with Gasteiger partial charge in [0.1, 0.15) is 17.0 Å². The first-order valence-electron chi connectivity index (χ1n) is 12.2. The van der Waals surface area contributed by atoms with E-state index in [0.717, 1.165) is 16.7 Å². The predicted octanol–water partition coefficient (Wildman–Crippen LogP) is 3.44. The van der Waals surface area contributed by atoms with E-state index in [9.17, 15) is 8.42 Å². The highest BCUT2D eigenvalue weighted by atomic mass is 32.2. The normalized spacial score (nSPS) is 21.9. The summed E-state index contributed by atoms with van der Waals surface area (Å²) in [7, 11) is -3.54. The van der Waals surface area contributed by atoms with Gasteiger partial charge in [0.2, 0.25) is 0 Å². The van der Waals surface area contributed by atoms with Crippen LogP contribution in [0.5, 0.6) is 5.75 Å². The van der Waals surface area contributed by atoms with Crippen molar-refractivity contribution < 1.29 is 22.6 Å². The lowest BCUT2D eigenvalue weighted by molar-refractivity contribution is 0.0640. The molecule has 0 radical (unpaired) electrons. The van der Waals surface area contributed by atoms with Crippen LogP contribution in [0.15, 0.2) is 18.2 Å². The van der Waals surface area contributed by atoms with Crippen LogP contribution in [-0.2, 0) is 24.1 Å². The van der Waals surface area contributed by atoms with Crippen LogP contribution >= 0.6 is 0 Å². The van der Waals surface area contributed by atoms with E-state index in [2.05, 4.69) is 30.9 Å². The third kappa shape index (κ3) is 4.03. The largest absolute Gasteiger partial charge is 0.486 e. The average molecular weight is 500 g/mol. The zero-order valence-electron chi connectivity index (χ0n) is 20.8. The van der Waals surface area contributed by atoms with Gasteiger partial charge in [-0.3, -0.25) is 0 Å². The first-order valence-corrected chi connectivity index (χ1v) is 14.1. The van der Waals surface area contributed by atoms with Crippen LogP contribution in [-0.4, -0.2) is 70.3 Å². The van der Waals surface area contributed by atoms with E-state index in [1.165, 1.54) is 11.8 Å². The summed E-state index contributed by atoms with van der Waals surface area (Å²) < 4.78 is 43.1. The summed E-state index contributed by atoms with van der Waals surface area (Å²) in [5.74, 6) is 1.65. The Morgan fingerprint density at radius 1 is 1.09 bits per heavy atom. The fourth-order valence-corrected chi connectivity index (χ4v) is 6.74. The molecule has 1 aromatic heterocycles. The Bertz CT molecular complexity index is 1270. The quantitative estimate of drug-likeness (QED) is 0.632. The third-order valence-corrected chi connectivity index (χ3v) is 9.59. The third-order valence-electron chi connectivity index (χ3n) is 7.57. The number of morpholine rings is 1. The SMILES string of the molecule is C/C=C\c1c(-c2nc3c(c(C4(S(C)(=O)=O)CCOCC4)n2)OCC2COCCN32)ccc(C)c1C. The van der Waals surface area contributed by atoms with Crippen molar-refractivity contribution in [1.29, 1.82) is 0 Å². The highest BCUT2D eigenvalue weighted by molar-refractivity contribution is 7.91. The minimum atomic E-state index is -3.54. The molecule has 0 N–H and O–H groups in total. The van der Waals surface area contributed by atoms with Crippen LogP contribution in [0.2, 0.25) is 0 Å². The van der Waals surface area contributed by atoms with Gasteiger partial charge in [0.15, 0.2) is 27.2 Å². The molecule has 4 heterocycles. The lowest BCUT2D eigenvalue weighted by Crippen LogP contribution is -2.52. The number of benzene rings is 1. The van der Waals surface area contributed by atoms with Crippen molar-refractivity contribution >= 4 is 21.7 Å². The molecular formula is C26H33N3O5S. The highest BCUT2D eigenvalue weighted by Gasteiger charge is 2.50. The number of fused-ring (bicyclic) bond motifs is 3. The molecule has 1 atom stereocenters. The average Bonchev–Trinajstić information content (AvgIpc) is 2.86. The summed E-state index contributed by atoms with van der Waals surface area (Å²) in [6.45, 7) is 9.08. The van der Waals surface area contributed by atoms with Crippen LogP contribution in [0, 0.1) is 13.8 Å². The maximum atomic E-state index is 13.4. The van der Waals surface area contributed by atoms with Gasteiger partial charge in [0.05, 0.1) is 19.3 Å². The van der Waals surface area contributed by atoms with Crippen molar-refractivity contribution in [2.24, 2.45) is 0 Å². The molecule has 3 aliphatic rings.